The Labute approximate surface area is 124 Å². The van der Waals surface area contributed by atoms with Gasteiger partial charge in [-0.2, -0.15) is 0 Å². The molecule has 1 saturated carbocycles. The van der Waals surface area contributed by atoms with Crippen LogP contribution in [-0.2, 0) is 0 Å². The van der Waals surface area contributed by atoms with Gasteiger partial charge in [-0.15, -0.1) is 0 Å². The third-order valence-corrected chi connectivity index (χ3v) is 6.10. The summed E-state index contributed by atoms with van der Waals surface area (Å²) < 4.78 is 0. The highest BCUT2D eigenvalue weighted by Crippen LogP contribution is 2.35. The van der Waals surface area contributed by atoms with Gasteiger partial charge < -0.3 is 5.32 Å². The minimum absolute atomic E-state index is 0.784. The maximum absolute atomic E-state index is 3.72. The van der Waals surface area contributed by atoms with E-state index in [1.54, 1.807) is 0 Å². The molecule has 4 aliphatic rings. The summed E-state index contributed by atoms with van der Waals surface area (Å²) in [5.74, 6) is 1.04. The average Bonchev–Trinajstić information content (AvgIpc) is 2.99. The first-order valence-corrected chi connectivity index (χ1v) is 9.11. The predicted octanol–water partition coefficient (Wildman–Crippen LogP) is 2.08. The van der Waals surface area contributed by atoms with Crippen molar-refractivity contribution in [2.24, 2.45) is 5.92 Å². The van der Waals surface area contributed by atoms with Crippen LogP contribution in [0.2, 0.25) is 0 Å². The number of nitrogens with one attached hydrogen (secondary N) is 1. The Kier molecular flexibility index (Phi) is 4.02. The molecule has 3 nitrogen and oxygen atoms in total. The molecule has 0 aromatic heterocycles. The van der Waals surface area contributed by atoms with Crippen molar-refractivity contribution in [3.05, 3.63) is 0 Å². The summed E-state index contributed by atoms with van der Waals surface area (Å²) in [7, 11) is 0. The molecule has 3 saturated heterocycles. The van der Waals surface area contributed by atoms with Gasteiger partial charge >= 0.3 is 0 Å². The first-order valence-electron chi connectivity index (χ1n) is 9.11. The molecule has 3 heterocycles. The summed E-state index contributed by atoms with van der Waals surface area (Å²) >= 11 is 0. The fourth-order valence-corrected chi connectivity index (χ4v) is 4.82. The summed E-state index contributed by atoms with van der Waals surface area (Å²) in [6, 6.07) is 2.55. The molecular formula is C17H31N3. The van der Waals surface area contributed by atoms with Gasteiger partial charge in [0.15, 0.2) is 0 Å². The molecule has 0 aromatic rings. The average molecular weight is 277 g/mol. The molecule has 0 amide bonds. The predicted molar refractivity (Wildman–Crippen MR) is 82.9 cm³/mol. The van der Waals surface area contributed by atoms with Crippen LogP contribution in [0.15, 0.2) is 0 Å². The lowest BCUT2D eigenvalue weighted by atomic mass is 9.97. The zero-order chi connectivity index (χ0) is 13.4. The van der Waals surface area contributed by atoms with E-state index in [1.807, 2.05) is 0 Å². The highest BCUT2D eigenvalue weighted by atomic mass is 15.3. The van der Waals surface area contributed by atoms with E-state index in [-0.39, 0.29) is 0 Å². The van der Waals surface area contributed by atoms with E-state index < -0.39 is 0 Å². The molecule has 0 aromatic carbocycles. The first-order chi connectivity index (χ1) is 9.90. The van der Waals surface area contributed by atoms with E-state index in [0.717, 1.165) is 24.0 Å². The third-order valence-electron chi connectivity index (χ3n) is 6.10. The topological polar surface area (TPSA) is 18.5 Å². The molecule has 3 atom stereocenters. The van der Waals surface area contributed by atoms with Gasteiger partial charge in [0.05, 0.1) is 0 Å². The molecule has 0 bridgehead atoms. The monoisotopic (exact) mass is 277 g/mol. The quantitative estimate of drug-likeness (QED) is 0.830. The van der Waals surface area contributed by atoms with Crippen molar-refractivity contribution in [2.75, 3.05) is 32.7 Å². The molecule has 20 heavy (non-hydrogen) atoms. The van der Waals surface area contributed by atoms with Gasteiger partial charge in [0, 0.05) is 37.8 Å². The van der Waals surface area contributed by atoms with Gasteiger partial charge in [0.1, 0.15) is 0 Å². The highest BCUT2D eigenvalue weighted by molar-refractivity contribution is 4.97. The zero-order valence-electron chi connectivity index (χ0n) is 12.9. The van der Waals surface area contributed by atoms with Crippen LogP contribution in [0, 0.1) is 5.92 Å². The Morgan fingerprint density at radius 2 is 1.85 bits per heavy atom. The second-order valence-corrected chi connectivity index (χ2v) is 7.65. The second-order valence-electron chi connectivity index (χ2n) is 7.65. The van der Waals surface area contributed by atoms with Crippen LogP contribution in [0.3, 0.4) is 0 Å². The van der Waals surface area contributed by atoms with E-state index >= 15 is 0 Å². The second kappa shape index (κ2) is 5.94. The van der Waals surface area contributed by atoms with E-state index in [2.05, 4.69) is 15.1 Å². The van der Waals surface area contributed by atoms with Crippen LogP contribution in [0.25, 0.3) is 0 Å². The maximum Gasteiger partial charge on any atom is 0.0264 e. The number of hydrogen-bond acceptors (Lipinski definition) is 3. The minimum atomic E-state index is 0.784. The van der Waals surface area contributed by atoms with Crippen molar-refractivity contribution in [1.82, 2.24) is 15.1 Å². The summed E-state index contributed by atoms with van der Waals surface area (Å²) in [5.41, 5.74) is 0. The van der Waals surface area contributed by atoms with Crippen molar-refractivity contribution < 1.29 is 0 Å². The number of hydrogen-bond donors (Lipinski definition) is 1. The number of rotatable bonds is 5. The van der Waals surface area contributed by atoms with Crippen LogP contribution in [0.4, 0.5) is 0 Å². The Morgan fingerprint density at radius 1 is 0.900 bits per heavy atom. The van der Waals surface area contributed by atoms with Crippen LogP contribution in [0.1, 0.15) is 51.4 Å². The van der Waals surface area contributed by atoms with Gasteiger partial charge in [0.2, 0.25) is 0 Å². The smallest absolute Gasteiger partial charge is 0.0264 e. The zero-order valence-corrected chi connectivity index (χ0v) is 12.9. The fraction of sp³-hybridized carbons (Fsp3) is 1.00. The summed E-state index contributed by atoms with van der Waals surface area (Å²) in [6.07, 6.45) is 11.6. The fourth-order valence-electron chi connectivity index (χ4n) is 4.82. The summed E-state index contributed by atoms with van der Waals surface area (Å²) in [4.78, 5) is 5.72. The molecule has 4 fully saturated rings. The van der Waals surface area contributed by atoms with E-state index in [1.165, 1.54) is 84.1 Å². The molecule has 3 unspecified atom stereocenters. The third kappa shape index (κ3) is 2.90. The molecule has 4 rings (SSSR count). The van der Waals surface area contributed by atoms with Crippen molar-refractivity contribution in [3.8, 4) is 0 Å². The van der Waals surface area contributed by atoms with Crippen molar-refractivity contribution in [3.63, 3.8) is 0 Å². The molecule has 3 heteroatoms. The van der Waals surface area contributed by atoms with Crippen molar-refractivity contribution >= 4 is 0 Å². The molecule has 0 spiro atoms. The molecule has 1 aliphatic carbocycles. The Hall–Kier alpha value is -0.120. The van der Waals surface area contributed by atoms with E-state index in [4.69, 9.17) is 0 Å². The Bertz CT molecular complexity index is 322. The molecular weight excluding hydrogens is 246 g/mol. The lowest BCUT2D eigenvalue weighted by Crippen LogP contribution is -2.50. The van der Waals surface area contributed by atoms with Gasteiger partial charge in [-0.1, -0.05) is 6.42 Å². The SMILES string of the molecule is C1CNC(CN(CC2CC2)C2CCN3CCCCC23)C1. The minimum Gasteiger partial charge on any atom is -0.313 e. The van der Waals surface area contributed by atoms with Crippen molar-refractivity contribution in [1.29, 1.82) is 0 Å². The number of nitrogens with zero attached hydrogens (tertiary/aromatic N) is 2. The molecule has 1 N–H and O–H groups in total. The standard InChI is InChI=1S/C17H31N3/c1-2-10-19-11-8-17(16(19)5-1)20(12-14-6-7-14)13-15-4-3-9-18-15/h14-18H,1-13H2. The van der Waals surface area contributed by atoms with Crippen LogP contribution >= 0.6 is 0 Å². The summed E-state index contributed by atoms with van der Waals surface area (Å²) in [6.45, 7) is 6.72. The van der Waals surface area contributed by atoms with Crippen LogP contribution < -0.4 is 5.32 Å². The van der Waals surface area contributed by atoms with Gasteiger partial charge in [-0.3, -0.25) is 9.80 Å². The van der Waals surface area contributed by atoms with Crippen LogP contribution in [-0.4, -0.2) is 60.6 Å². The molecule has 3 aliphatic heterocycles. The van der Waals surface area contributed by atoms with Gasteiger partial charge in [-0.25, -0.2) is 0 Å². The largest absolute Gasteiger partial charge is 0.313 e. The van der Waals surface area contributed by atoms with Gasteiger partial charge in [-0.05, 0) is 64.0 Å². The Morgan fingerprint density at radius 3 is 2.65 bits per heavy atom. The summed E-state index contributed by atoms with van der Waals surface area (Å²) in [5, 5.41) is 3.72. The normalized spacial score (nSPS) is 38.5. The maximum atomic E-state index is 3.72. The van der Waals surface area contributed by atoms with Crippen LogP contribution in [0.5, 0.6) is 0 Å². The highest BCUT2D eigenvalue weighted by Gasteiger charge is 2.40. The Balaban J connectivity index is 1.42. The van der Waals surface area contributed by atoms with E-state index in [0.29, 0.717) is 0 Å². The number of fused-ring (bicyclic) bond motifs is 1. The van der Waals surface area contributed by atoms with Gasteiger partial charge in [0.25, 0.3) is 0 Å². The number of piperidine rings is 1. The lowest BCUT2D eigenvalue weighted by molar-refractivity contribution is 0.104. The molecule has 0 radical (unpaired) electrons. The van der Waals surface area contributed by atoms with E-state index in [9.17, 15) is 0 Å². The molecule has 114 valence electrons. The van der Waals surface area contributed by atoms with Crippen molar-refractivity contribution in [2.45, 2.75) is 69.5 Å². The lowest BCUT2D eigenvalue weighted by Gasteiger charge is -2.39. The first kappa shape index (κ1) is 13.5.